The Balaban J connectivity index is 1.47. The highest BCUT2D eigenvalue weighted by molar-refractivity contribution is 9.12. The van der Waals surface area contributed by atoms with Crippen LogP contribution in [0.3, 0.4) is 0 Å². The molecule has 4 rings (SSSR count). The van der Waals surface area contributed by atoms with E-state index >= 15 is 0 Å². The van der Waals surface area contributed by atoms with Crippen LogP contribution >= 0.6 is 27.7 Å². The number of halogens is 2. The second-order valence-electron chi connectivity index (χ2n) is 7.97. The maximum atomic E-state index is 12.4. The zero-order chi connectivity index (χ0) is 19.5. The molecule has 0 N–H and O–H groups in total. The van der Waals surface area contributed by atoms with Crippen LogP contribution in [0.15, 0.2) is 51.8 Å². The van der Waals surface area contributed by atoms with E-state index in [0.29, 0.717) is 12.3 Å². The van der Waals surface area contributed by atoms with E-state index in [0.717, 1.165) is 31.8 Å². The van der Waals surface area contributed by atoms with Gasteiger partial charge in [0.05, 0.1) is 6.67 Å². The molecule has 0 radical (unpaired) electrons. The highest BCUT2D eigenvalue weighted by atomic mass is 79.9. The Kier molecular flexibility index (Phi) is 6.59. The van der Waals surface area contributed by atoms with Crippen molar-refractivity contribution in [3.05, 3.63) is 69.2 Å². The van der Waals surface area contributed by atoms with Crippen molar-refractivity contribution in [1.82, 2.24) is 4.90 Å². The van der Waals surface area contributed by atoms with Gasteiger partial charge in [-0.3, -0.25) is 4.39 Å². The molecule has 0 saturated carbocycles. The molecule has 2 aromatic rings. The van der Waals surface area contributed by atoms with Crippen LogP contribution in [0.2, 0.25) is 0 Å². The zero-order valence-corrected chi connectivity index (χ0v) is 18.8. The van der Waals surface area contributed by atoms with Gasteiger partial charge in [0, 0.05) is 33.8 Å². The minimum absolute atomic E-state index is 0.199. The molecule has 2 aliphatic rings. The van der Waals surface area contributed by atoms with Gasteiger partial charge in [-0.05, 0) is 67.0 Å². The number of nitrogens with zero attached hydrogens (tertiary/aromatic N) is 1. The van der Waals surface area contributed by atoms with Crippen LogP contribution in [-0.4, -0.2) is 37.0 Å². The average molecular weight is 460 g/mol. The molecular formula is C24H27BrFNS. The number of hydrogen-bond acceptors (Lipinski definition) is 2. The van der Waals surface area contributed by atoms with Crippen molar-refractivity contribution in [3.8, 4) is 0 Å². The first-order valence-electron chi connectivity index (χ1n) is 10.1. The highest BCUT2D eigenvalue weighted by Crippen LogP contribution is 2.43. The number of alkyl halides is 1. The van der Waals surface area contributed by atoms with E-state index in [9.17, 15) is 4.39 Å². The van der Waals surface area contributed by atoms with Gasteiger partial charge in [0.25, 0.3) is 0 Å². The van der Waals surface area contributed by atoms with Crippen LogP contribution in [0.1, 0.15) is 35.1 Å². The van der Waals surface area contributed by atoms with E-state index in [4.69, 9.17) is 0 Å². The minimum atomic E-state index is -0.199. The van der Waals surface area contributed by atoms with Gasteiger partial charge in [0.15, 0.2) is 0 Å². The lowest BCUT2D eigenvalue weighted by atomic mass is 9.93. The van der Waals surface area contributed by atoms with Crippen molar-refractivity contribution in [3.63, 3.8) is 0 Å². The Morgan fingerprint density at radius 3 is 2.79 bits per heavy atom. The van der Waals surface area contributed by atoms with Crippen LogP contribution in [0.4, 0.5) is 4.39 Å². The van der Waals surface area contributed by atoms with Crippen molar-refractivity contribution in [1.29, 1.82) is 0 Å². The number of thioether (sulfide) groups is 1. The Morgan fingerprint density at radius 2 is 2.00 bits per heavy atom. The summed E-state index contributed by atoms with van der Waals surface area (Å²) < 4.78 is 13.7. The smallest absolute Gasteiger partial charge is 0.0906 e. The van der Waals surface area contributed by atoms with E-state index in [2.05, 4.69) is 70.2 Å². The lowest BCUT2D eigenvalue weighted by Gasteiger charge is -2.21. The largest absolute Gasteiger partial charge is 0.303 e. The van der Waals surface area contributed by atoms with Gasteiger partial charge in [-0.1, -0.05) is 52.3 Å². The summed E-state index contributed by atoms with van der Waals surface area (Å²) in [7, 11) is 0. The summed E-state index contributed by atoms with van der Waals surface area (Å²) in [6, 6.07) is 15.9. The standard InChI is InChI=1S/C24H27BrFNS/c1-17-3-8-21-23(13-17)28-16-22(25)24(21)20-6-4-18(5-7-20)14-19-9-12-27(15-19)11-2-10-26/h3-8,13,19H,2,9-12,14-16H2,1H3. The molecule has 148 valence electrons. The van der Waals surface area contributed by atoms with Gasteiger partial charge in [0.2, 0.25) is 0 Å². The van der Waals surface area contributed by atoms with Crippen LogP contribution in [-0.2, 0) is 6.42 Å². The number of rotatable bonds is 6. The normalized spacial score (nSPS) is 19.9. The minimum Gasteiger partial charge on any atom is -0.303 e. The summed E-state index contributed by atoms with van der Waals surface area (Å²) >= 11 is 5.73. The summed E-state index contributed by atoms with van der Waals surface area (Å²) in [6.07, 6.45) is 3.03. The predicted octanol–water partition coefficient (Wildman–Crippen LogP) is 6.48. The molecule has 0 aliphatic carbocycles. The van der Waals surface area contributed by atoms with E-state index < -0.39 is 0 Å². The SMILES string of the molecule is Cc1ccc2c(c1)SCC(Br)=C2c1ccc(CC2CCN(CCCF)C2)cc1. The van der Waals surface area contributed by atoms with Gasteiger partial charge in [-0.15, -0.1) is 11.8 Å². The molecule has 2 heterocycles. The molecule has 1 nitrogen and oxygen atoms in total. The number of fused-ring (bicyclic) bond motifs is 1. The molecule has 0 amide bonds. The lowest BCUT2D eigenvalue weighted by molar-refractivity contribution is 0.301. The summed E-state index contributed by atoms with van der Waals surface area (Å²) in [5.41, 5.74) is 6.68. The first-order valence-corrected chi connectivity index (χ1v) is 11.9. The monoisotopic (exact) mass is 459 g/mol. The Morgan fingerprint density at radius 1 is 1.18 bits per heavy atom. The van der Waals surface area contributed by atoms with E-state index in [-0.39, 0.29) is 6.67 Å². The summed E-state index contributed by atoms with van der Waals surface area (Å²) in [4.78, 5) is 3.79. The van der Waals surface area contributed by atoms with Crippen LogP contribution in [0, 0.1) is 12.8 Å². The Labute approximate surface area is 180 Å². The number of benzene rings is 2. The van der Waals surface area contributed by atoms with Gasteiger partial charge in [-0.2, -0.15) is 0 Å². The summed E-state index contributed by atoms with van der Waals surface area (Å²) in [6.45, 7) is 5.10. The van der Waals surface area contributed by atoms with E-state index in [1.54, 1.807) is 0 Å². The third kappa shape index (κ3) is 4.55. The fourth-order valence-electron chi connectivity index (χ4n) is 4.33. The van der Waals surface area contributed by atoms with Gasteiger partial charge >= 0.3 is 0 Å². The Hall–Kier alpha value is -1.10. The maximum absolute atomic E-state index is 12.4. The fourth-order valence-corrected chi connectivity index (χ4v) is 6.14. The van der Waals surface area contributed by atoms with Crippen molar-refractivity contribution in [2.45, 2.75) is 31.1 Å². The third-order valence-electron chi connectivity index (χ3n) is 5.78. The molecule has 1 atom stereocenters. The third-order valence-corrected chi connectivity index (χ3v) is 7.91. The zero-order valence-electron chi connectivity index (χ0n) is 16.4. The molecular weight excluding hydrogens is 433 g/mol. The number of aryl methyl sites for hydroxylation is 1. The molecule has 28 heavy (non-hydrogen) atoms. The van der Waals surface area contributed by atoms with Crippen LogP contribution < -0.4 is 0 Å². The number of likely N-dealkylation sites (tertiary alicyclic amines) is 1. The molecule has 1 unspecified atom stereocenters. The van der Waals surface area contributed by atoms with E-state index in [1.165, 1.54) is 43.6 Å². The average Bonchev–Trinajstić information content (AvgIpc) is 3.14. The quantitative estimate of drug-likeness (QED) is 0.486. The second-order valence-corrected chi connectivity index (χ2v) is 9.94. The van der Waals surface area contributed by atoms with Crippen molar-refractivity contribution >= 4 is 33.3 Å². The van der Waals surface area contributed by atoms with Crippen molar-refractivity contribution in [2.24, 2.45) is 5.92 Å². The van der Waals surface area contributed by atoms with Gasteiger partial charge < -0.3 is 4.90 Å². The molecule has 2 aromatic carbocycles. The molecule has 4 heteroatoms. The maximum Gasteiger partial charge on any atom is 0.0906 e. The van der Waals surface area contributed by atoms with Crippen LogP contribution in [0.25, 0.3) is 5.57 Å². The molecule has 2 aliphatic heterocycles. The molecule has 1 saturated heterocycles. The fraction of sp³-hybridized carbons (Fsp3) is 0.417. The first kappa shape index (κ1) is 20.2. The molecule has 0 bridgehead atoms. The second kappa shape index (κ2) is 9.15. The first-order chi connectivity index (χ1) is 13.6. The predicted molar refractivity (Wildman–Crippen MR) is 122 cm³/mol. The van der Waals surface area contributed by atoms with Crippen LogP contribution in [0.5, 0.6) is 0 Å². The molecule has 0 aromatic heterocycles. The highest BCUT2D eigenvalue weighted by Gasteiger charge is 2.23. The summed E-state index contributed by atoms with van der Waals surface area (Å²) in [5, 5.41) is 0. The van der Waals surface area contributed by atoms with Gasteiger partial charge in [-0.25, -0.2) is 0 Å². The van der Waals surface area contributed by atoms with Gasteiger partial charge in [0.1, 0.15) is 0 Å². The van der Waals surface area contributed by atoms with Crippen molar-refractivity contribution in [2.75, 3.05) is 32.1 Å². The Bertz CT molecular complexity index is 861. The van der Waals surface area contributed by atoms with E-state index in [1.807, 2.05) is 11.8 Å². The van der Waals surface area contributed by atoms with Crippen molar-refractivity contribution < 1.29 is 4.39 Å². The number of hydrogen-bond donors (Lipinski definition) is 0. The lowest BCUT2D eigenvalue weighted by Crippen LogP contribution is -2.22. The topological polar surface area (TPSA) is 3.24 Å². The molecule has 0 spiro atoms. The summed E-state index contributed by atoms with van der Waals surface area (Å²) in [5.74, 6) is 1.69. The molecule has 1 fully saturated rings.